The fourth-order valence-corrected chi connectivity index (χ4v) is 3.52. The van der Waals surface area contributed by atoms with Crippen molar-refractivity contribution in [3.8, 4) is 0 Å². The van der Waals surface area contributed by atoms with Gasteiger partial charge in [-0.2, -0.15) is 0 Å². The van der Waals surface area contributed by atoms with Crippen molar-refractivity contribution in [2.24, 2.45) is 11.8 Å². The Kier molecular flexibility index (Phi) is 3.94. The van der Waals surface area contributed by atoms with Gasteiger partial charge in [0.25, 0.3) is 0 Å². The molecule has 1 aromatic carbocycles. The first kappa shape index (κ1) is 15.1. The molecule has 0 radical (unpaired) electrons. The molecule has 0 spiro atoms. The summed E-state index contributed by atoms with van der Waals surface area (Å²) < 4.78 is 0. The van der Waals surface area contributed by atoms with E-state index in [1.807, 2.05) is 18.7 Å². The number of hydrogen-bond donors (Lipinski definition) is 1. The standard InChI is InChI=1S/C18H24N2O2/c1-11-8-12(2)16(13(3)9-11)19-17(21)14-10-15(14)18(22)20-6-4-5-7-20/h8-9,14-15H,4-7,10H2,1-3H3,(H,19,21). The van der Waals surface area contributed by atoms with Crippen molar-refractivity contribution in [3.05, 3.63) is 28.8 Å². The van der Waals surface area contributed by atoms with Crippen molar-refractivity contribution < 1.29 is 9.59 Å². The summed E-state index contributed by atoms with van der Waals surface area (Å²) in [5.74, 6) is -0.0695. The molecular weight excluding hydrogens is 276 g/mol. The zero-order valence-electron chi connectivity index (χ0n) is 13.6. The van der Waals surface area contributed by atoms with Gasteiger partial charge in [0.2, 0.25) is 11.8 Å². The van der Waals surface area contributed by atoms with E-state index in [9.17, 15) is 9.59 Å². The first-order chi connectivity index (χ1) is 10.5. The van der Waals surface area contributed by atoms with Gasteiger partial charge in [-0.15, -0.1) is 0 Å². The Labute approximate surface area is 131 Å². The van der Waals surface area contributed by atoms with Gasteiger partial charge in [0, 0.05) is 18.8 Å². The van der Waals surface area contributed by atoms with Gasteiger partial charge in [0.1, 0.15) is 0 Å². The predicted octanol–water partition coefficient (Wildman–Crippen LogP) is 2.81. The van der Waals surface area contributed by atoms with Gasteiger partial charge < -0.3 is 10.2 Å². The maximum absolute atomic E-state index is 12.4. The van der Waals surface area contributed by atoms with E-state index in [1.165, 1.54) is 5.56 Å². The van der Waals surface area contributed by atoms with Crippen LogP contribution in [-0.4, -0.2) is 29.8 Å². The largest absolute Gasteiger partial charge is 0.342 e. The molecule has 3 rings (SSSR count). The van der Waals surface area contributed by atoms with Crippen LogP contribution in [0.5, 0.6) is 0 Å². The number of likely N-dealkylation sites (tertiary alicyclic amines) is 1. The summed E-state index contributed by atoms with van der Waals surface area (Å²) >= 11 is 0. The molecule has 1 aromatic rings. The number of carbonyl (C=O) groups excluding carboxylic acids is 2. The third-order valence-electron chi connectivity index (χ3n) is 4.79. The summed E-state index contributed by atoms with van der Waals surface area (Å²) in [5, 5.41) is 3.03. The first-order valence-electron chi connectivity index (χ1n) is 8.15. The van der Waals surface area contributed by atoms with Crippen molar-refractivity contribution in [2.75, 3.05) is 18.4 Å². The lowest BCUT2D eigenvalue weighted by molar-refractivity contribution is -0.133. The highest BCUT2D eigenvalue weighted by molar-refractivity contribution is 6.00. The van der Waals surface area contributed by atoms with Gasteiger partial charge in [-0.25, -0.2) is 0 Å². The molecule has 0 bridgehead atoms. The van der Waals surface area contributed by atoms with Gasteiger partial charge in [0.15, 0.2) is 0 Å². The molecule has 0 aromatic heterocycles. The molecule has 4 nitrogen and oxygen atoms in total. The Bertz CT molecular complexity index is 595. The van der Waals surface area contributed by atoms with Crippen LogP contribution in [0.2, 0.25) is 0 Å². The Morgan fingerprint density at radius 2 is 1.64 bits per heavy atom. The Balaban J connectivity index is 1.63. The van der Waals surface area contributed by atoms with Crippen LogP contribution in [0.3, 0.4) is 0 Å². The van der Waals surface area contributed by atoms with Gasteiger partial charge in [-0.1, -0.05) is 17.7 Å². The number of anilines is 1. The Hall–Kier alpha value is -1.84. The fourth-order valence-electron chi connectivity index (χ4n) is 3.52. The molecule has 118 valence electrons. The third kappa shape index (κ3) is 2.87. The molecule has 1 aliphatic heterocycles. The van der Waals surface area contributed by atoms with Crippen LogP contribution in [-0.2, 0) is 9.59 Å². The molecule has 22 heavy (non-hydrogen) atoms. The van der Waals surface area contributed by atoms with E-state index in [0.717, 1.165) is 42.7 Å². The summed E-state index contributed by atoms with van der Waals surface area (Å²) in [4.78, 5) is 26.6. The molecule has 2 atom stereocenters. The molecule has 1 aliphatic carbocycles. The molecule has 1 heterocycles. The number of benzene rings is 1. The molecule has 2 fully saturated rings. The minimum absolute atomic E-state index is 0.00685. The van der Waals surface area contributed by atoms with E-state index in [-0.39, 0.29) is 23.7 Å². The summed E-state index contributed by atoms with van der Waals surface area (Å²) in [6.45, 7) is 7.79. The number of rotatable bonds is 3. The van der Waals surface area contributed by atoms with Crippen LogP contribution < -0.4 is 5.32 Å². The number of nitrogens with zero attached hydrogens (tertiary/aromatic N) is 1. The Morgan fingerprint density at radius 3 is 2.23 bits per heavy atom. The normalized spacial score (nSPS) is 23.5. The fraction of sp³-hybridized carbons (Fsp3) is 0.556. The summed E-state index contributed by atoms with van der Waals surface area (Å²) in [6.07, 6.45) is 2.89. The smallest absolute Gasteiger partial charge is 0.228 e. The average molecular weight is 300 g/mol. The lowest BCUT2D eigenvalue weighted by Crippen LogP contribution is -2.30. The van der Waals surface area contributed by atoms with Gasteiger partial charge >= 0.3 is 0 Å². The monoisotopic (exact) mass is 300 g/mol. The van der Waals surface area contributed by atoms with Gasteiger partial charge in [-0.05, 0) is 51.2 Å². The zero-order valence-corrected chi connectivity index (χ0v) is 13.6. The highest BCUT2D eigenvalue weighted by atomic mass is 16.2. The van der Waals surface area contributed by atoms with E-state index in [4.69, 9.17) is 0 Å². The minimum Gasteiger partial charge on any atom is -0.342 e. The van der Waals surface area contributed by atoms with E-state index in [1.54, 1.807) is 0 Å². The van der Waals surface area contributed by atoms with Gasteiger partial charge in [-0.3, -0.25) is 9.59 Å². The van der Waals surface area contributed by atoms with E-state index < -0.39 is 0 Å². The number of carbonyl (C=O) groups is 2. The molecule has 2 amide bonds. The van der Waals surface area contributed by atoms with Crippen molar-refractivity contribution >= 4 is 17.5 Å². The van der Waals surface area contributed by atoms with Crippen molar-refractivity contribution in [2.45, 2.75) is 40.0 Å². The summed E-state index contributed by atoms with van der Waals surface area (Å²) in [7, 11) is 0. The second-order valence-electron chi connectivity index (χ2n) is 6.74. The van der Waals surface area contributed by atoms with Crippen LogP contribution in [0.1, 0.15) is 36.0 Å². The first-order valence-corrected chi connectivity index (χ1v) is 8.15. The van der Waals surface area contributed by atoms with Crippen LogP contribution in [0, 0.1) is 32.6 Å². The van der Waals surface area contributed by atoms with E-state index in [2.05, 4.69) is 24.4 Å². The summed E-state index contributed by atoms with van der Waals surface area (Å²) in [6, 6.07) is 4.14. The Morgan fingerprint density at radius 1 is 1.05 bits per heavy atom. The second-order valence-corrected chi connectivity index (χ2v) is 6.74. The van der Waals surface area contributed by atoms with Crippen molar-refractivity contribution in [3.63, 3.8) is 0 Å². The van der Waals surface area contributed by atoms with Crippen LogP contribution >= 0.6 is 0 Å². The van der Waals surface area contributed by atoms with Crippen LogP contribution in [0.25, 0.3) is 0 Å². The van der Waals surface area contributed by atoms with Crippen LogP contribution in [0.15, 0.2) is 12.1 Å². The van der Waals surface area contributed by atoms with E-state index in [0.29, 0.717) is 6.42 Å². The maximum atomic E-state index is 12.4. The minimum atomic E-state index is -0.145. The molecule has 2 unspecified atom stereocenters. The SMILES string of the molecule is Cc1cc(C)c(NC(=O)C2CC2C(=O)N2CCCC2)c(C)c1. The lowest BCUT2D eigenvalue weighted by atomic mass is 10.0. The zero-order chi connectivity index (χ0) is 15.9. The maximum Gasteiger partial charge on any atom is 0.228 e. The molecule has 2 aliphatic rings. The topological polar surface area (TPSA) is 49.4 Å². The van der Waals surface area contributed by atoms with E-state index >= 15 is 0 Å². The predicted molar refractivity (Wildman–Crippen MR) is 86.7 cm³/mol. The number of hydrogen-bond acceptors (Lipinski definition) is 2. The molecule has 1 saturated carbocycles. The molecule has 1 saturated heterocycles. The molecule has 1 N–H and O–H groups in total. The number of aryl methyl sites for hydroxylation is 3. The molecular formula is C18H24N2O2. The number of amides is 2. The quantitative estimate of drug-likeness (QED) is 0.933. The van der Waals surface area contributed by atoms with Crippen LogP contribution in [0.4, 0.5) is 5.69 Å². The van der Waals surface area contributed by atoms with Gasteiger partial charge in [0.05, 0.1) is 11.8 Å². The average Bonchev–Trinajstić information content (AvgIpc) is 3.07. The van der Waals surface area contributed by atoms with Crippen molar-refractivity contribution in [1.82, 2.24) is 4.90 Å². The second kappa shape index (κ2) is 5.75. The van der Waals surface area contributed by atoms with Crippen molar-refractivity contribution in [1.29, 1.82) is 0 Å². The number of nitrogens with one attached hydrogen (secondary N) is 1. The third-order valence-corrected chi connectivity index (χ3v) is 4.79. The lowest BCUT2D eigenvalue weighted by Gasteiger charge is -2.15. The highest BCUT2D eigenvalue weighted by Crippen LogP contribution is 2.41. The highest BCUT2D eigenvalue weighted by Gasteiger charge is 2.49. The molecule has 4 heteroatoms. The summed E-state index contributed by atoms with van der Waals surface area (Å²) in [5.41, 5.74) is 4.25.